The first-order valence-corrected chi connectivity index (χ1v) is 8.07. The van der Waals surface area contributed by atoms with Crippen molar-refractivity contribution < 1.29 is 18.0 Å². The zero-order chi connectivity index (χ0) is 14.8. The monoisotopic (exact) mass is 296 g/mol. The molecule has 20 heavy (non-hydrogen) atoms. The molecule has 2 amide bonds. The molecule has 0 spiro atoms. The zero-order valence-corrected chi connectivity index (χ0v) is 11.9. The fraction of sp³-hybridized carbons (Fsp3) is 0.385. The van der Waals surface area contributed by atoms with Crippen LogP contribution in [0, 0.1) is 5.92 Å². The van der Waals surface area contributed by atoms with Crippen molar-refractivity contribution >= 4 is 27.3 Å². The maximum absolute atomic E-state index is 11.9. The summed E-state index contributed by atoms with van der Waals surface area (Å²) in [4.78, 5) is 23.3. The van der Waals surface area contributed by atoms with E-state index < -0.39 is 15.8 Å². The van der Waals surface area contributed by atoms with E-state index in [4.69, 9.17) is 0 Å². The quantitative estimate of drug-likeness (QED) is 0.845. The predicted molar refractivity (Wildman–Crippen MR) is 75.2 cm³/mol. The molecule has 1 fully saturated rings. The first kappa shape index (κ1) is 14.5. The lowest BCUT2D eigenvalue weighted by Gasteiger charge is -2.09. The number of nitrogens with one attached hydrogen (secondary N) is 2. The fourth-order valence-electron chi connectivity index (χ4n) is 2.10. The molecule has 1 aliphatic heterocycles. The molecule has 0 bridgehead atoms. The molecule has 108 valence electrons. The first-order valence-electron chi connectivity index (χ1n) is 6.25. The number of amides is 2. The molecular formula is C13H16N2O4S. The minimum atomic E-state index is -3.07. The lowest BCUT2D eigenvalue weighted by molar-refractivity contribution is -0.119. The Labute approximate surface area is 117 Å². The summed E-state index contributed by atoms with van der Waals surface area (Å²) in [5.41, 5.74) is 1.04. The molecule has 2 N–H and O–H groups in total. The van der Waals surface area contributed by atoms with Gasteiger partial charge in [0.25, 0.3) is 5.91 Å². The van der Waals surface area contributed by atoms with Gasteiger partial charge >= 0.3 is 0 Å². The van der Waals surface area contributed by atoms with Gasteiger partial charge in [-0.25, -0.2) is 8.42 Å². The second kappa shape index (κ2) is 5.62. The third-order valence-corrected chi connectivity index (χ3v) is 5.01. The summed E-state index contributed by atoms with van der Waals surface area (Å²) in [6, 6.07) is 6.43. The highest BCUT2D eigenvalue weighted by Crippen LogP contribution is 2.20. The lowest BCUT2D eigenvalue weighted by Crippen LogP contribution is -2.23. The molecule has 1 aliphatic rings. The molecule has 1 saturated heterocycles. The van der Waals surface area contributed by atoms with Gasteiger partial charge < -0.3 is 10.6 Å². The van der Waals surface area contributed by atoms with E-state index in [0.29, 0.717) is 17.7 Å². The molecule has 0 saturated carbocycles. The Morgan fingerprint density at radius 3 is 2.35 bits per heavy atom. The molecule has 1 atom stereocenters. The van der Waals surface area contributed by atoms with Gasteiger partial charge in [-0.3, -0.25) is 9.59 Å². The van der Waals surface area contributed by atoms with Gasteiger partial charge in [-0.1, -0.05) is 0 Å². The number of hydrogen-bond acceptors (Lipinski definition) is 4. The fourth-order valence-corrected chi connectivity index (χ4v) is 3.84. The molecule has 2 rings (SSSR count). The second-order valence-corrected chi connectivity index (χ2v) is 6.97. The Bertz CT molecular complexity index is 622. The van der Waals surface area contributed by atoms with Crippen molar-refractivity contribution in [3.63, 3.8) is 0 Å². The maximum Gasteiger partial charge on any atom is 0.251 e. The number of anilines is 1. The Morgan fingerprint density at radius 2 is 1.85 bits per heavy atom. The van der Waals surface area contributed by atoms with E-state index in [1.54, 1.807) is 31.3 Å². The highest BCUT2D eigenvalue weighted by Gasteiger charge is 2.32. The molecule has 7 heteroatoms. The SMILES string of the molecule is CNC(=O)c1ccc(NC(=O)[C@H]2CCS(=O)(=O)C2)cc1. The standard InChI is InChI=1S/C13H16N2O4S/c1-14-12(16)9-2-4-11(5-3-9)15-13(17)10-6-7-20(18,19)8-10/h2-5,10H,6-8H2,1H3,(H,14,16)(H,15,17)/t10-/m0/s1. The van der Waals surface area contributed by atoms with Crippen LogP contribution in [-0.2, 0) is 14.6 Å². The molecule has 0 radical (unpaired) electrons. The topological polar surface area (TPSA) is 92.3 Å². The lowest BCUT2D eigenvalue weighted by atomic mass is 10.1. The van der Waals surface area contributed by atoms with Gasteiger partial charge in [-0.2, -0.15) is 0 Å². The summed E-state index contributed by atoms with van der Waals surface area (Å²) in [6.07, 6.45) is 0.366. The number of hydrogen-bond donors (Lipinski definition) is 2. The summed E-state index contributed by atoms with van der Waals surface area (Å²) in [5.74, 6) is -1.00. The van der Waals surface area contributed by atoms with Gasteiger partial charge in [0, 0.05) is 18.3 Å². The average Bonchev–Trinajstić information content (AvgIpc) is 2.79. The Morgan fingerprint density at radius 1 is 1.20 bits per heavy atom. The number of sulfone groups is 1. The van der Waals surface area contributed by atoms with Crippen LogP contribution in [0.1, 0.15) is 16.8 Å². The Kier molecular flexibility index (Phi) is 4.08. The first-order chi connectivity index (χ1) is 9.41. The van der Waals surface area contributed by atoms with Crippen LogP contribution in [0.2, 0.25) is 0 Å². The zero-order valence-electron chi connectivity index (χ0n) is 11.0. The van der Waals surface area contributed by atoms with Crippen molar-refractivity contribution in [2.24, 2.45) is 5.92 Å². The van der Waals surface area contributed by atoms with E-state index in [0.717, 1.165) is 0 Å². The highest BCUT2D eigenvalue weighted by atomic mass is 32.2. The van der Waals surface area contributed by atoms with E-state index in [1.807, 2.05) is 0 Å². The van der Waals surface area contributed by atoms with Crippen LogP contribution in [0.4, 0.5) is 5.69 Å². The van der Waals surface area contributed by atoms with E-state index in [9.17, 15) is 18.0 Å². The summed E-state index contributed by atoms with van der Waals surface area (Å²) in [7, 11) is -1.53. The molecule has 1 aromatic carbocycles. The van der Waals surface area contributed by atoms with Gasteiger partial charge in [0.05, 0.1) is 17.4 Å². The van der Waals surface area contributed by atoms with Gasteiger partial charge in [-0.05, 0) is 30.7 Å². The van der Waals surface area contributed by atoms with Gasteiger partial charge in [0.15, 0.2) is 9.84 Å². The summed E-state index contributed by atoms with van der Waals surface area (Å²) in [6.45, 7) is 0. The van der Waals surface area contributed by atoms with Crippen molar-refractivity contribution in [3.8, 4) is 0 Å². The molecule has 6 nitrogen and oxygen atoms in total. The van der Waals surface area contributed by atoms with E-state index in [-0.39, 0.29) is 23.3 Å². The molecule has 1 heterocycles. The van der Waals surface area contributed by atoms with Crippen molar-refractivity contribution in [1.82, 2.24) is 5.32 Å². The summed E-state index contributed by atoms with van der Waals surface area (Å²) >= 11 is 0. The number of benzene rings is 1. The predicted octanol–water partition coefficient (Wildman–Crippen LogP) is 0.419. The van der Waals surface area contributed by atoms with Crippen molar-refractivity contribution in [1.29, 1.82) is 0 Å². The van der Waals surface area contributed by atoms with Gasteiger partial charge in [0.1, 0.15) is 0 Å². The van der Waals surface area contributed by atoms with Gasteiger partial charge in [0.2, 0.25) is 5.91 Å². The number of carbonyl (C=O) groups is 2. The molecule has 0 aromatic heterocycles. The summed E-state index contributed by atoms with van der Waals surface area (Å²) in [5, 5.41) is 5.17. The third-order valence-electron chi connectivity index (χ3n) is 3.24. The normalized spacial score (nSPS) is 20.4. The molecule has 1 aromatic rings. The molecule has 0 aliphatic carbocycles. The Hall–Kier alpha value is -1.89. The van der Waals surface area contributed by atoms with Crippen LogP contribution in [-0.4, -0.2) is 38.8 Å². The van der Waals surface area contributed by atoms with Crippen LogP contribution in [0.25, 0.3) is 0 Å². The smallest absolute Gasteiger partial charge is 0.251 e. The Balaban J connectivity index is 2.00. The van der Waals surface area contributed by atoms with Crippen molar-refractivity contribution in [3.05, 3.63) is 29.8 Å². The number of rotatable bonds is 3. The van der Waals surface area contributed by atoms with Crippen molar-refractivity contribution in [2.45, 2.75) is 6.42 Å². The van der Waals surface area contributed by atoms with Crippen LogP contribution in [0.15, 0.2) is 24.3 Å². The van der Waals surface area contributed by atoms with Crippen LogP contribution >= 0.6 is 0 Å². The van der Waals surface area contributed by atoms with Crippen molar-refractivity contribution in [2.75, 3.05) is 23.9 Å². The minimum Gasteiger partial charge on any atom is -0.355 e. The van der Waals surface area contributed by atoms with Crippen LogP contribution < -0.4 is 10.6 Å². The maximum atomic E-state index is 11.9. The largest absolute Gasteiger partial charge is 0.355 e. The summed E-state index contributed by atoms with van der Waals surface area (Å²) < 4.78 is 22.7. The van der Waals surface area contributed by atoms with Crippen LogP contribution in [0.5, 0.6) is 0 Å². The number of carbonyl (C=O) groups excluding carboxylic acids is 2. The van der Waals surface area contributed by atoms with Crippen LogP contribution in [0.3, 0.4) is 0 Å². The minimum absolute atomic E-state index is 0.0701. The third kappa shape index (κ3) is 3.36. The second-order valence-electron chi connectivity index (χ2n) is 4.75. The van der Waals surface area contributed by atoms with Gasteiger partial charge in [-0.15, -0.1) is 0 Å². The molecule has 0 unspecified atom stereocenters. The average molecular weight is 296 g/mol. The van der Waals surface area contributed by atoms with E-state index in [1.165, 1.54) is 0 Å². The van der Waals surface area contributed by atoms with E-state index in [2.05, 4.69) is 10.6 Å². The molecular weight excluding hydrogens is 280 g/mol. The van der Waals surface area contributed by atoms with E-state index >= 15 is 0 Å². The highest BCUT2D eigenvalue weighted by molar-refractivity contribution is 7.91.